The fraction of sp³-hybridized carbons (Fsp3) is 0.407. The van der Waals surface area contributed by atoms with Crippen molar-refractivity contribution in [1.82, 2.24) is 34.0 Å². The molecule has 0 spiro atoms. The van der Waals surface area contributed by atoms with E-state index < -0.39 is 0 Å². The Kier molecular flexibility index (Phi) is 7.99. The lowest BCUT2D eigenvalue weighted by Crippen LogP contribution is -2.38. The maximum Gasteiger partial charge on any atom is 0.281 e. The summed E-state index contributed by atoms with van der Waals surface area (Å²) in [4.78, 5) is 42.1. The lowest BCUT2D eigenvalue weighted by molar-refractivity contribution is 0.0980. The van der Waals surface area contributed by atoms with E-state index in [1.54, 1.807) is 41.0 Å². The number of carbonyl (C=O) groups excluding carboxylic acids is 1. The predicted molar refractivity (Wildman–Crippen MR) is 159 cm³/mol. The van der Waals surface area contributed by atoms with E-state index in [1.165, 1.54) is 11.9 Å². The highest BCUT2D eigenvalue weighted by molar-refractivity contribution is 7.97. The number of benzene rings is 1. The molecule has 3 aromatic heterocycles. The summed E-state index contributed by atoms with van der Waals surface area (Å²) < 4.78 is 6.06. The van der Waals surface area contributed by atoms with Crippen molar-refractivity contribution in [3.8, 4) is 0 Å². The lowest BCUT2D eigenvalue weighted by atomic mass is 9.96. The quantitative estimate of drug-likeness (QED) is 0.246. The molecule has 1 unspecified atom stereocenters. The van der Waals surface area contributed by atoms with Gasteiger partial charge >= 0.3 is 0 Å². The summed E-state index contributed by atoms with van der Waals surface area (Å²) in [5, 5.41) is 8.66. The summed E-state index contributed by atoms with van der Waals surface area (Å²) in [5.74, 6) is 1.43. The number of hydrogen-bond donors (Lipinski definition) is 2. The van der Waals surface area contributed by atoms with Crippen LogP contribution in [0.3, 0.4) is 0 Å². The number of nitrogens with one attached hydrogen (secondary N) is 2. The summed E-state index contributed by atoms with van der Waals surface area (Å²) in [6, 6.07) is 6.99. The zero-order valence-corrected chi connectivity index (χ0v) is 24.7. The molecular weight excluding hydrogens is 550 g/mol. The molecule has 2 N–H and O–H groups in total. The minimum absolute atomic E-state index is 0.0983. The second-order valence-corrected chi connectivity index (χ2v) is 11.1. The highest BCUT2D eigenvalue weighted by Gasteiger charge is 2.27. The summed E-state index contributed by atoms with van der Waals surface area (Å²) in [6.07, 6.45) is 5.24. The standard InChI is InChI=1S/C27H32ClN9O2S/c1-15-12-18(16(2)30-20-6-7-21(28)31-23(20)25(38)34-40-5)22-19(13-15)26(39)36(4)27(32-22)37-10-8-17(9-11-37)24-29-14-35(3)33-24/h6-7,12-14,16-17,30H,8-11H2,1-5H3,(H,34,38). The lowest BCUT2D eigenvalue weighted by Gasteiger charge is -2.32. The SMILES string of the molecule is CSNC(=O)c1nc(Cl)ccc1NC(C)c1cc(C)cc2c(=O)n(C)c(N3CCC(c4ncn(C)n4)CC3)nc12. The summed E-state index contributed by atoms with van der Waals surface area (Å²) in [6.45, 7) is 5.42. The van der Waals surface area contributed by atoms with E-state index in [4.69, 9.17) is 16.6 Å². The van der Waals surface area contributed by atoms with Crippen molar-refractivity contribution >= 4 is 52.0 Å². The molecule has 1 aromatic carbocycles. The van der Waals surface area contributed by atoms with Gasteiger partial charge in [-0.25, -0.2) is 15.0 Å². The molecule has 4 heterocycles. The Bertz CT molecular complexity index is 1630. The first-order chi connectivity index (χ1) is 19.2. The number of pyridine rings is 1. The molecule has 0 radical (unpaired) electrons. The van der Waals surface area contributed by atoms with Gasteiger partial charge in [0.2, 0.25) is 5.95 Å². The van der Waals surface area contributed by atoms with E-state index in [9.17, 15) is 9.59 Å². The number of halogens is 1. The molecule has 11 nitrogen and oxygen atoms in total. The van der Waals surface area contributed by atoms with Gasteiger partial charge < -0.3 is 10.2 Å². The van der Waals surface area contributed by atoms with Gasteiger partial charge in [0.1, 0.15) is 11.5 Å². The average Bonchev–Trinajstić information content (AvgIpc) is 3.38. The molecule has 1 fully saturated rings. The van der Waals surface area contributed by atoms with Crippen molar-refractivity contribution in [2.75, 3.05) is 29.6 Å². The number of piperidine rings is 1. The molecule has 4 aromatic rings. The molecule has 1 amide bonds. The third kappa shape index (κ3) is 5.50. The van der Waals surface area contributed by atoms with Crippen molar-refractivity contribution in [3.05, 3.63) is 68.7 Å². The van der Waals surface area contributed by atoms with Gasteiger partial charge in [0.05, 0.1) is 22.6 Å². The summed E-state index contributed by atoms with van der Waals surface area (Å²) in [5.41, 5.74) is 3.06. The Hall–Kier alpha value is -3.64. The normalized spacial score (nSPS) is 14.9. The van der Waals surface area contributed by atoms with Gasteiger partial charge in [0.25, 0.3) is 11.5 Å². The van der Waals surface area contributed by atoms with Crippen molar-refractivity contribution in [2.24, 2.45) is 14.1 Å². The topological polar surface area (TPSA) is 123 Å². The molecule has 1 saturated heterocycles. The summed E-state index contributed by atoms with van der Waals surface area (Å²) >= 11 is 7.28. The van der Waals surface area contributed by atoms with E-state index in [1.807, 2.05) is 33.0 Å². The number of rotatable bonds is 7. The molecule has 0 aliphatic carbocycles. The molecule has 1 aliphatic heterocycles. The third-order valence-electron chi connectivity index (χ3n) is 7.20. The van der Waals surface area contributed by atoms with Crippen LogP contribution in [0.4, 0.5) is 11.6 Å². The van der Waals surface area contributed by atoms with E-state index >= 15 is 0 Å². The van der Waals surface area contributed by atoms with E-state index in [0.29, 0.717) is 22.5 Å². The minimum atomic E-state index is -0.350. The highest BCUT2D eigenvalue weighted by Crippen LogP contribution is 2.31. The number of amides is 1. The van der Waals surface area contributed by atoms with Gasteiger partial charge in [-0.05, 0) is 50.5 Å². The molecule has 13 heteroatoms. The Labute approximate surface area is 241 Å². The molecule has 1 aliphatic rings. The Morgan fingerprint density at radius 3 is 2.60 bits per heavy atom. The number of carbonyl (C=O) groups is 1. The van der Waals surface area contributed by atoms with Gasteiger partial charge in [-0.1, -0.05) is 29.6 Å². The van der Waals surface area contributed by atoms with Crippen LogP contribution in [0, 0.1) is 6.92 Å². The first-order valence-electron chi connectivity index (χ1n) is 13.0. The van der Waals surface area contributed by atoms with Crippen LogP contribution in [0.25, 0.3) is 10.9 Å². The molecule has 1 atom stereocenters. The average molecular weight is 582 g/mol. The number of nitrogens with zero attached hydrogens (tertiary/aromatic N) is 7. The van der Waals surface area contributed by atoms with Crippen LogP contribution in [0.1, 0.15) is 59.2 Å². The molecule has 40 heavy (non-hydrogen) atoms. The second-order valence-electron chi connectivity index (χ2n) is 10.1. The van der Waals surface area contributed by atoms with E-state index in [2.05, 4.69) is 30.0 Å². The Balaban J connectivity index is 1.49. The van der Waals surface area contributed by atoms with Crippen LogP contribution < -0.4 is 20.5 Å². The first kappa shape index (κ1) is 27.9. The fourth-order valence-corrected chi connectivity index (χ4v) is 5.64. The number of anilines is 2. The molecule has 210 valence electrons. The third-order valence-corrected chi connectivity index (χ3v) is 7.80. The Morgan fingerprint density at radius 1 is 1.18 bits per heavy atom. The zero-order chi connectivity index (χ0) is 28.6. The monoisotopic (exact) mass is 581 g/mol. The second kappa shape index (κ2) is 11.5. The minimum Gasteiger partial charge on any atom is -0.377 e. The first-order valence-corrected chi connectivity index (χ1v) is 14.6. The van der Waals surface area contributed by atoms with Crippen molar-refractivity contribution in [3.63, 3.8) is 0 Å². The van der Waals surface area contributed by atoms with Crippen LogP contribution in [-0.4, -0.2) is 54.6 Å². The highest BCUT2D eigenvalue weighted by atomic mass is 35.5. The van der Waals surface area contributed by atoms with Crippen molar-refractivity contribution in [1.29, 1.82) is 0 Å². The van der Waals surface area contributed by atoms with Crippen LogP contribution in [0.5, 0.6) is 0 Å². The zero-order valence-electron chi connectivity index (χ0n) is 23.1. The maximum absolute atomic E-state index is 13.6. The largest absolute Gasteiger partial charge is 0.377 e. The molecule has 0 saturated carbocycles. The van der Waals surface area contributed by atoms with Gasteiger partial charge in [0, 0.05) is 44.9 Å². The number of aryl methyl sites for hydroxylation is 2. The van der Waals surface area contributed by atoms with Gasteiger partial charge in [-0.15, -0.1) is 0 Å². The summed E-state index contributed by atoms with van der Waals surface area (Å²) in [7, 11) is 3.65. The van der Waals surface area contributed by atoms with Crippen molar-refractivity contribution in [2.45, 2.75) is 38.6 Å². The smallest absolute Gasteiger partial charge is 0.281 e. The fourth-order valence-electron chi connectivity index (χ4n) is 5.21. The number of fused-ring (bicyclic) bond motifs is 1. The van der Waals surface area contributed by atoms with E-state index in [-0.39, 0.29) is 34.3 Å². The van der Waals surface area contributed by atoms with E-state index in [0.717, 1.165) is 42.9 Å². The van der Waals surface area contributed by atoms with Crippen LogP contribution >= 0.6 is 23.5 Å². The molecular formula is C27H32ClN9O2S. The maximum atomic E-state index is 13.6. The van der Waals surface area contributed by atoms with Crippen LogP contribution in [-0.2, 0) is 14.1 Å². The van der Waals surface area contributed by atoms with Gasteiger partial charge in [-0.2, -0.15) is 5.10 Å². The Morgan fingerprint density at radius 2 is 1.93 bits per heavy atom. The number of aromatic nitrogens is 6. The molecule has 0 bridgehead atoms. The predicted octanol–water partition coefficient (Wildman–Crippen LogP) is 3.98. The number of hydrogen-bond acceptors (Lipinski definition) is 9. The van der Waals surface area contributed by atoms with Crippen LogP contribution in [0.15, 0.2) is 35.4 Å². The van der Waals surface area contributed by atoms with Crippen molar-refractivity contribution < 1.29 is 4.79 Å². The van der Waals surface area contributed by atoms with Crippen LogP contribution in [0.2, 0.25) is 5.15 Å². The van der Waals surface area contributed by atoms with Gasteiger partial charge in [-0.3, -0.25) is 23.6 Å². The molecule has 5 rings (SSSR count). The van der Waals surface area contributed by atoms with Gasteiger partial charge in [0.15, 0.2) is 11.5 Å².